The molecule has 1 aliphatic heterocycles. The summed E-state index contributed by atoms with van der Waals surface area (Å²) in [6, 6.07) is 5.88. The van der Waals surface area contributed by atoms with Crippen molar-refractivity contribution in [3.05, 3.63) is 28.2 Å². The molecule has 5 heteroatoms. The Morgan fingerprint density at radius 3 is 2.79 bits per heavy atom. The Bertz CT molecular complexity index is 501. The quantitative estimate of drug-likeness (QED) is 0.649. The predicted octanol–water partition coefficient (Wildman–Crippen LogP) is 2.74. The van der Waals surface area contributed by atoms with Crippen molar-refractivity contribution in [3.8, 4) is 0 Å². The van der Waals surface area contributed by atoms with E-state index in [2.05, 4.69) is 41.6 Å². The molecule has 0 saturated carbocycles. The van der Waals surface area contributed by atoms with Crippen LogP contribution in [0.4, 0.5) is 5.69 Å². The van der Waals surface area contributed by atoms with E-state index >= 15 is 0 Å². The van der Waals surface area contributed by atoms with Crippen molar-refractivity contribution in [2.75, 3.05) is 18.0 Å². The lowest BCUT2D eigenvalue weighted by Crippen LogP contribution is -2.52. The van der Waals surface area contributed by atoms with Gasteiger partial charge in [0.15, 0.2) is 0 Å². The fourth-order valence-electron chi connectivity index (χ4n) is 2.64. The van der Waals surface area contributed by atoms with Crippen molar-refractivity contribution in [1.29, 1.82) is 5.41 Å². The first-order valence-corrected chi connectivity index (χ1v) is 7.14. The minimum atomic E-state index is -0.196. The highest BCUT2D eigenvalue weighted by Gasteiger charge is 2.32. The molecular formula is C14H20BrN3O. The molecule has 1 aromatic carbocycles. The lowest BCUT2D eigenvalue weighted by Gasteiger charge is -2.43. The number of nitrogens with one attached hydrogen (secondary N) is 1. The molecule has 1 aromatic rings. The van der Waals surface area contributed by atoms with Crippen LogP contribution in [-0.2, 0) is 4.74 Å². The Hall–Kier alpha value is -1.07. The zero-order valence-corrected chi connectivity index (χ0v) is 13.1. The van der Waals surface area contributed by atoms with Crippen LogP contribution < -0.4 is 10.6 Å². The largest absolute Gasteiger partial charge is 0.384 e. The number of anilines is 1. The maximum absolute atomic E-state index is 7.74. The van der Waals surface area contributed by atoms with E-state index in [1.165, 1.54) is 0 Å². The van der Waals surface area contributed by atoms with E-state index in [-0.39, 0.29) is 17.5 Å². The minimum absolute atomic E-state index is 0.0910. The molecule has 0 bridgehead atoms. The van der Waals surface area contributed by atoms with E-state index < -0.39 is 0 Å². The van der Waals surface area contributed by atoms with Gasteiger partial charge in [-0.25, -0.2) is 0 Å². The summed E-state index contributed by atoms with van der Waals surface area (Å²) >= 11 is 3.43. The first-order valence-electron chi connectivity index (χ1n) is 6.35. The predicted molar refractivity (Wildman–Crippen MR) is 82.0 cm³/mol. The van der Waals surface area contributed by atoms with Crippen LogP contribution in [0.25, 0.3) is 0 Å². The highest BCUT2D eigenvalue weighted by Crippen LogP contribution is 2.30. The van der Waals surface area contributed by atoms with Gasteiger partial charge in [0.1, 0.15) is 5.84 Å². The zero-order valence-electron chi connectivity index (χ0n) is 11.5. The average Bonchev–Trinajstić information content (AvgIpc) is 2.25. The van der Waals surface area contributed by atoms with Crippen LogP contribution in [0.3, 0.4) is 0 Å². The summed E-state index contributed by atoms with van der Waals surface area (Å²) in [7, 11) is 0. The molecule has 1 heterocycles. The van der Waals surface area contributed by atoms with E-state index in [4.69, 9.17) is 15.9 Å². The molecule has 0 amide bonds. The Morgan fingerprint density at radius 1 is 1.53 bits per heavy atom. The number of rotatable bonds is 2. The van der Waals surface area contributed by atoms with Crippen LogP contribution in [0.5, 0.6) is 0 Å². The smallest absolute Gasteiger partial charge is 0.124 e. The summed E-state index contributed by atoms with van der Waals surface area (Å²) in [5.41, 5.74) is 7.26. The molecule has 0 aromatic heterocycles. The lowest BCUT2D eigenvalue weighted by molar-refractivity contribution is -0.0749. The first-order chi connectivity index (χ1) is 8.78. The highest BCUT2D eigenvalue weighted by atomic mass is 79.9. The van der Waals surface area contributed by atoms with Crippen LogP contribution in [0.2, 0.25) is 0 Å². The number of amidine groups is 1. The van der Waals surface area contributed by atoms with Crippen LogP contribution in [0, 0.1) is 5.41 Å². The van der Waals surface area contributed by atoms with Gasteiger partial charge in [0.2, 0.25) is 0 Å². The normalized spacial score (nSPS) is 22.3. The molecule has 104 valence electrons. The second-order valence-electron chi connectivity index (χ2n) is 5.64. The molecule has 1 fully saturated rings. The fraction of sp³-hybridized carbons (Fsp3) is 0.500. The monoisotopic (exact) mass is 325 g/mol. The average molecular weight is 326 g/mol. The SMILES string of the molecule is CC1CN(c2ccc(Br)cc2C(=N)N)CC(C)(C)O1. The van der Waals surface area contributed by atoms with Crippen molar-refractivity contribution in [3.63, 3.8) is 0 Å². The summed E-state index contributed by atoms with van der Waals surface area (Å²) in [4.78, 5) is 2.25. The number of nitrogens with two attached hydrogens (primary N) is 1. The topological polar surface area (TPSA) is 62.3 Å². The van der Waals surface area contributed by atoms with Gasteiger partial charge in [-0.3, -0.25) is 5.41 Å². The van der Waals surface area contributed by atoms with Gasteiger partial charge in [-0.1, -0.05) is 15.9 Å². The number of hydrogen-bond donors (Lipinski definition) is 2. The maximum atomic E-state index is 7.74. The van der Waals surface area contributed by atoms with Gasteiger partial charge in [-0.05, 0) is 39.0 Å². The molecule has 0 aliphatic carbocycles. The summed E-state index contributed by atoms with van der Waals surface area (Å²) in [6.45, 7) is 7.84. The summed E-state index contributed by atoms with van der Waals surface area (Å²) in [5, 5.41) is 7.74. The molecule has 3 N–H and O–H groups in total. The van der Waals surface area contributed by atoms with Gasteiger partial charge in [0, 0.05) is 28.8 Å². The lowest BCUT2D eigenvalue weighted by atomic mass is 10.0. The third kappa shape index (κ3) is 3.28. The number of nitrogen functional groups attached to an aromatic ring is 1. The number of morpholine rings is 1. The Morgan fingerprint density at radius 2 is 2.21 bits per heavy atom. The molecule has 0 radical (unpaired) electrons. The molecule has 1 atom stereocenters. The van der Waals surface area contributed by atoms with Gasteiger partial charge < -0.3 is 15.4 Å². The summed E-state index contributed by atoms with van der Waals surface area (Å²) in [6.07, 6.45) is 0.159. The number of ether oxygens (including phenoxy) is 1. The third-order valence-electron chi connectivity index (χ3n) is 3.16. The van der Waals surface area contributed by atoms with Gasteiger partial charge in [0.25, 0.3) is 0 Å². The Kier molecular flexibility index (Phi) is 3.87. The van der Waals surface area contributed by atoms with Crippen LogP contribution in [0.1, 0.15) is 26.3 Å². The number of halogens is 1. The maximum Gasteiger partial charge on any atom is 0.124 e. The number of nitrogens with zero attached hydrogens (tertiary/aromatic N) is 1. The van der Waals surface area contributed by atoms with E-state index in [1.807, 2.05) is 18.2 Å². The van der Waals surface area contributed by atoms with Gasteiger partial charge >= 0.3 is 0 Å². The molecule has 19 heavy (non-hydrogen) atoms. The van der Waals surface area contributed by atoms with Crippen molar-refractivity contribution >= 4 is 27.5 Å². The van der Waals surface area contributed by atoms with Gasteiger partial charge in [-0.2, -0.15) is 0 Å². The molecule has 1 unspecified atom stereocenters. The number of hydrogen-bond acceptors (Lipinski definition) is 3. The number of benzene rings is 1. The van der Waals surface area contributed by atoms with Crippen LogP contribution in [-0.4, -0.2) is 30.6 Å². The molecule has 2 rings (SSSR count). The Labute approximate surface area is 122 Å². The summed E-state index contributed by atoms with van der Waals surface area (Å²) < 4.78 is 6.85. The minimum Gasteiger partial charge on any atom is -0.384 e. The van der Waals surface area contributed by atoms with Crippen molar-refractivity contribution in [2.24, 2.45) is 5.73 Å². The van der Waals surface area contributed by atoms with E-state index in [0.29, 0.717) is 0 Å². The molecule has 4 nitrogen and oxygen atoms in total. The van der Waals surface area contributed by atoms with E-state index in [9.17, 15) is 0 Å². The van der Waals surface area contributed by atoms with Gasteiger partial charge in [0.05, 0.1) is 11.7 Å². The second kappa shape index (κ2) is 5.13. The van der Waals surface area contributed by atoms with Crippen LogP contribution in [0.15, 0.2) is 22.7 Å². The van der Waals surface area contributed by atoms with Gasteiger partial charge in [-0.15, -0.1) is 0 Å². The highest BCUT2D eigenvalue weighted by molar-refractivity contribution is 9.10. The summed E-state index contributed by atoms with van der Waals surface area (Å²) in [5.74, 6) is 0.0910. The zero-order chi connectivity index (χ0) is 14.2. The molecule has 1 saturated heterocycles. The fourth-order valence-corrected chi connectivity index (χ4v) is 3.00. The molecule has 1 aliphatic rings. The third-order valence-corrected chi connectivity index (χ3v) is 3.65. The standard InChI is InChI=1S/C14H20BrN3O/c1-9-7-18(8-14(2,3)19-9)12-5-4-10(15)6-11(12)13(16)17/h4-6,9H,7-8H2,1-3H3,(H3,16,17). The molecular weight excluding hydrogens is 306 g/mol. The van der Waals surface area contributed by atoms with Crippen LogP contribution >= 0.6 is 15.9 Å². The van der Waals surface area contributed by atoms with Crippen molar-refractivity contribution in [1.82, 2.24) is 0 Å². The van der Waals surface area contributed by atoms with E-state index in [0.717, 1.165) is 28.8 Å². The molecule has 0 spiro atoms. The first kappa shape index (κ1) is 14.3. The second-order valence-corrected chi connectivity index (χ2v) is 6.56. The van der Waals surface area contributed by atoms with E-state index in [1.54, 1.807) is 0 Å². The van der Waals surface area contributed by atoms with Crippen molar-refractivity contribution < 1.29 is 4.74 Å². The Balaban J connectivity index is 2.38. The van der Waals surface area contributed by atoms with Crippen molar-refractivity contribution in [2.45, 2.75) is 32.5 Å².